The lowest BCUT2D eigenvalue weighted by atomic mass is 9.96. The molecule has 2 saturated heterocycles. The third kappa shape index (κ3) is 4.09. The molecule has 4 rings (SSSR count). The highest BCUT2D eigenvalue weighted by molar-refractivity contribution is 6.46. The Balaban J connectivity index is 1.71. The van der Waals surface area contributed by atoms with Gasteiger partial charge in [0.2, 0.25) is 0 Å². The molecule has 30 heavy (non-hydrogen) atoms. The van der Waals surface area contributed by atoms with Crippen molar-refractivity contribution in [3.8, 4) is 0 Å². The number of rotatable bonds is 5. The summed E-state index contributed by atoms with van der Waals surface area (Å²) in [6.45, 7) is 3.86. The number of morpholine rings is 1. The van der Waals surface area contributed by atoms with Crippen LogP contribution in [0.15, 0.2) is 54.4 Å². The number of Topliss-reactive ketones (excluding diaryl/α,β-unsaturated/α-hetero) is 1. The fourth-order valence-corrected chi connectivity index (χ4v) is 3.96. The standard InChI is InChI=1S/C22H22ClN3O4/c23-17-5-3-15(4-6-17)20(27)18-19(16-2-1-7-24-14-16)26(22(29)21(18)28)9-8-25-10-12-30-13-11-25/h1-7,14,19,27H,8-13H2/t19-/m0/s1. The Morgan fingerprint density at radius 3 is 2.53 bits per heavy atom. The highest BCUT2D eigenvalue weighted by atomic mass is 35.5. The minimum atomic E-state index is -0.699. The Hall–Kier alpha value is -2.74. The number of carbonyl (C=O) groups excluding carboxylic acids is 2. The van der Waals surface area contributed by atoms with Gasteiger partial charge in [-0.1, -0.05) is 17.7 Å². The summed E-state index contributed by atoms with van der Waals surface area (Å²) in [7, 11) is 0. The second kappa shape index (κ2) is 8.95. The molecule has 7 nitrogen and oxygen atoms in total. The molecule has 1 N–H and O–H groups in total. The van der Waals surface area contributed by atoms with Crippen molar-refractivity contribution in [2.75, 3.05) is 39.4 Å². The number of aromatic nitrogens is 1. The normalized spacial score (nSPS) is 21.9. The molecule has 1 aromatic heterocycles. The molecule has 0 spiro atoms. The Bertz CT molecular complexity index is 956. The molecule has 1 amide bonds. The zero-order chi connectivity index (χ0) is 21.1. The summed E-state index contributed by atoms with van der Waals surface area (Å²) < 4.78 is 5.37. The van der Waals surface area contributed by atoms with E-state index in [2.05, 4.69) is 9.88 Å². The second-order valence-corrected chi connectivity index (χ2v) is 7.68. The molecule has 0 bridgehead atoms. The Morgan fingerprint density at radius 2 is 1.87 bits per heavy atom. The van der Waals surface area contributed by atoms with Crippen LogP contribution < -0.4 is 0 Å². The fraction of sp³-hybridized carbons (Fsp3) is 0.318. The van der Waals surface area contributed by atoms with Gasteiger partial charge in [0.05, 0.1) is 24.8 Å². The van der Waals surface area contributed by atoms with Crippen molar-refractivity contribution in [1.82, 2.24) is 14.8 Å². The summed E-state index contributed by atoms with van der Waals surface area (Å²) in [5.41, 5.74) is 1.17. The molecule has 2 aromatic rings. The van der Waals surface area contributed by atoms with Gasteiger partial charge in [-0.25, -0.2) is 0 Å². The topological polar surface area (TPSA) is 83.0 Å². The summed E-state index contributed by atoms with van der Waals surface area (Å²) >= 11 is 5.94. The predicted molar refractivity (Wildman–Crippen MR) is 112 cm³/mol. The number of hydrogen-bond donors (Lipinski definition) is 1. The quantitative estimate of drug-likeness (QED) is 0.448. The zero-order valence-corrected chi connectivity index (χ0v) is 17.1. The number of carbonyl (C=O) groups is 2. The third-order valence-electron chi connectivity index (χ3n) is 5.42. The Kier molecular flexibility index (Phi) is 6.13. The van der Waals surface area contributed by atoms with Gasteiger partial charge in [-0.2, -0.15) is 0 Å². The number of ketones is 1. The summed E-state index contributed by atoms with van der Waals surface area (Å²) in [4.78, 5) is 33.7. The number of likely N-dealkylation sites (tertiary alicyclic amines) is 1. The van der Waals surface area contributed by atoms with Crippen molar-refractivity contribution in [2.24, 2.45) is 0 Å². The van der Waals surface area contributed by atoms with E-state index >= 15 is 0 Å². The molecule has 2 fully saturated rings. The van der Waals surface area contributed by atoms with Crippen molar-refractivity contribution >= 4 is 29.1 Å². The van der Waals surface area contributed by atoms with E-state index in [4.69, 9.17) is 16.3 Å². The van der Waals surface area contributed by atoms with Crippen LogP contribution in [-0.4, -0.2) is 71.0 Å². The molecule has 3 heterocycles. The minimum Gasteiger partial charge on any atom is -0.507 e. The first kappa shape index (κ1) is 20.5. The number of aliphatic hydroxyl groups is 1. The highest BCUT2D eigenvalue weighted by Gasteiger charge is 2.46. The average molecular weight is 428 g/mol. The van der Waals surface area contributed by atoms with E-state index in [9.17, 15) is 14.7 Å². The number of ether oxygens (including phenoxy) is 1. The van der Waals surface area contributed by atoms with Crippen LogP contribution in [0.25, 0.3) is 5.76 Å². The number of benzene rings is 1. The maximum atomic E-state index is 12.9. The lowest BCUT2D eigenvalue weighted by Crippen LogP contribution is -2.42. The Morgan fingerprint density at radius 1 is 1.13 bits per heavy atom. The average Bonchev–Trinajstić information content (AvgIpc) is 3.04. The lowest BCUT2D eigenvalue weighted by Gasteiger charge is -2.30. The Labute approximate surface area is 179 Å². The van der Waals surface area contributed by atoms with E-state index in [1.54, 1.807) is 48.8 Å². The smallest absolute Gasteiger partial charge is 0.295 e. The minimum absolute atomic E-state index is 0.0669. The van der Waals surface area contributed by atoms with Crippen LogP contribution in [0.1, 0.15) is 17.2 Å². The van der Waals surface area contributed by atoms with Crippen molar-refractivity contribution in [3.63, 3.8) is 0 Å². The molecule has 0 unspecified atom stereocenters. The van der Waals surface area contributed by atoms with Gasteiger partial charge < -0.3 is 14.7 Å². The van der Waals surface area contributed by atoms with E-state index in [1.165, 1.54) is 4.90 Å². The van der Waals surface area contributed by atoms with Gasteiger partial charge in [0, 0.05) is 49.2 Å². The summed E-state index contributed by atoms with van der Waals surface area (Å²) in [5.74, 6) is -1.53. The van der Waals surface area contributed by atoms with Gasteiger partial charge in [-0.05, 0) is 35.9 Å². The van der Waals surface area contributed by atoms with E-state index in [-0.39, 0.29) is 11.3 Å². The SMILES string of the molecule is O=C1C(=O)N(CCN2CCOCC2)[C@@H](c2cccnc2)C1=C(O)c1ccc(Cl)cc1. The van der Waals surface area contributed by atoms with Crippen LogP contribution in [0.4, 0.5) is 0 Å². The predicted octanol–water partition coefficient (Wildman–Crippen LogP) is 2.49. The zero-order valence-electron chi connectivity index (χ0n) is 16.3. The number of nitrogens with zero attached hydrogens (tertiary/aromatic N) is 3. The van der Waals surface area contributed by atoms with Crippen molar-refractivity contribution in [1.29, 1.82) is 0 Å². The number of pyridine rings is 1. The van der Waals surface area contributed by atoms with E-state index in [1.807, 2.05) is 0 Å². The van der Waals surface area contributed by atoms with Crippen molar-refractivity contribution in [3.05, 3.63) is 70.5 Å². The summed E-state index contributed by atoms with van der Waals surface area (Å²) in [6, 6.07) is 9.36. The molecular formula is C22H22ClN3O4. The van der Waals surface area contributed by atoms with Crippen LogP contribution in [0.2, 0.25) is 5.02 Å². The van der Waals surface area contributed by atoms with Crippen LogP contribution in [-0.2, 0) is 14.3 Å². The van der Waals surface area contributed by atoms with Crippen LogP contribution in [0, 0.1) is 0 Å². The lowest BCUT2D eigenvalue weighted by molar-refractivity contribution is -0.140. The number of hydrogen-bond acceptors (Lipinski definition) is 6. The molecule has 1 atom stereocenters. The fourth-order valence-electron chi connectivity index (χ4n) is 3.83. The van der Waals surface area contributed by atoms with E-state index in [0.717, 1.165) is 13.1 Å². The number of halogens is 1. The largest absolute Gasteiger partial charge is 0.507 e. The van der Waals surface area contributed by atoms with Gasteiger partial charge >= 0.3 is 0 Å². The molecule has 0 aliphatic carbocycles. The van der Waals surface area contributed by atoms with Crippen LogP contribution in [0.5, 0.6) is 0 Å². The van der Waals surface area contributed by atoms with Gasteiger partial charge in [-0.3, -0.25) is 19.5 Å². The number of amides is 1. The second-order valence-electron chi connectivity index (χ2n) is 7.24. The summed E-state index contributed by atoms with van der Waals surface area (Å²) in [6.07, 6.45) is 3.25. The highest BCUT2D eigenvalue weighted by Crippen LogP contribution is 2.39. The van der Waals surface area contributed by atoms with Gasteiger partial charge in [0.1, 0.15) is 5.76 Å². The molecule has 156 valence electrons. The van der Waals surface area contributed by atoms with Gasteiger partial charge in [-0.15, -0.1) is 0 Å². The van der Waals surface area contributed by atoms with Gasteiger partial charge in [0.25, 0.3) is 11.7 Å². The van der Waals surface area contributed by atoms with Crippen molar-refractivity contribution < 1.29 is 19.4 Å². The third-order valence-corrected chi connectivity index (χ3v) is 5.67. The molecule has 0 saturated carbocycles. The monoisotopic (exact) mass is 427 g/mol. The molecule has 1 aromatic carbocycles. The van der Waals surface area contributed by atoms with Gasteiger partial charge in [0.15, 0.2) is 0 Å². The molecule has 0 radical (unpaired) electrons. The first-order valence-corrected chi connectivity index (χ1v) is 10.2. The van der Waals surface area contributed by atoms with Crippen molar-refractivity contribution in [2.45, 2.75) is 6.04 Å². The maximum Gasteiger partial charge on any atom is 0.295 e. The summed E-state index contributed by atoms with van der Waals surface area (Å²) in [5, 5.41) is 11.5. The first-order valence-electron chi connectivity index (χ1n) is 9.80. The van der Waals surface area contributed by atoms with Crippen LogP contribution >= 0.6 is 11.6 Å². The van der Waals surface area contributed by atoms with E-state index in [0.29, 0.717) is 42.5 Å². The molecule has 2 aliphatic heterocycles. The van der Waals surface area contributed by atoms with Crippen LogP contribution in [0.3, 0.4) is 0 Å². The molecular weight excluding hydrogens is 406 g/mol. The first-order chi connectivity index (χ1) is 14.6. The van der Waals surface area contributed by atoms with E-state index < -0.39 is 17.7 Å². The maximum absolute atomic E-state index is 12.9. The molecule has 2 aliphatic rings. The molecule has 8 heteroatoms. The number of aliphatic hydroxyl groups excluding tert-OH is 1.